The summed E-state index contributed by atoms with van der Waals surface area (Å²) in [7, 11) is -0.483. The number of nitrogens with one attached hydrogen (secondary N) is 1. The summed E-state index contributed by atoms with van der Waals surface area (Å²) in [5, 5.41) is 3.36. The molecule has 2 aromatic heterocycles. The Labute approximate surface area is 306 Å². The summed E-state index contributed by atoms with van der Waals surface area (Å²) < 4.78 is 65.6. The Bertz CT molecular complexity index is 2270. The molecule has 3 aliphatic rings. The van der Waals surface area contributed by atoms with Crippen molar-refractivity contribution in [2.24, 2.45) is 0 Å². The van der Waals surface area contributed by atoms with Gasteiger partial charge in [0.15, 0.2) is 0 Å². The Morgan fingerprint density at radius 2 is 1.79 bits per heavy atom. The van der Waals surface area contributed by atoms with Crippen molar-refractivity contribution in [3.8, 4) is 22.6 Å². The number of esters is 1. The quantitative estimate of drug-likeness (QED) is 0.146. The second-order valence-electron chi connectivity index (χ2n) is 13.0. The fourth-order valence-corrected chi connectivity index (χ4v) is 7.74. The van der Waals surface area contributed by atoms with Gasteiger partial charge < -0.3 is 29.2 Å². The number of anilines is 5. The first kappa shape index (κ1) is 34.6. The van der Waals surface area contributed by atoms with Gasteiger partial charge in [-0.25, -0.2) is 21.9 Å². The van der Waals surface area contributed by atoms with E-state index in [1.165, 1.54) is 26.5 Å². The third-order valence-corrected chi connectivity index (χ3v) is 10.7. The molecule has 0 aliphatic carbocycles. The molecule has 2 saturated heterocycles. The van der Waals surface area contributed by atoms with Crippen LogP contribution in [0.3, 0.4) is 0 Å². The van der Waals surface area contributed by atoms with Crippen LogP contribution < -0.4 is 24.0 Å². The van der Waals surface area contributed by atoms with Gasteiger partial charge in [-0.2, -0.15) is 0 Å². The van der Waals surface area contributed by atoms with Crippen molar-refractivity contribution in [3.05, 3.63) is 90.1 Å². The van der Waals surface area contributed by atoms with E-state index in [-0.39, 0.29) is 33.5 Å². The van der Waals surface area contributed by atoms with Crippen molar-refractivity contribution in [2.75, 3.05) is 74.7 Å². The first-order valence-corrected chi connectivity index (χ1v) is 18.3. The van der Waals surface area contributed by atoms with Gasteiger partial charge in [0.2, 0.25) is 10.9 Å². The molecule has 0 radical (unpaired) electrons. The van der Waals surface area contributed by atoms with Crippen LogP contribution in [-0.2, 0) is 26.8 Å². The standard InChI is InChI=1S/C38H37FN6O7S/c1-49-30-5-3-27(4-6-30)45(53(47)48)34-20-41-33-16-24(31-19-40-18-23-7-12-52-37(23)31)15-32(39)35(33)36(34)42-26-13-25(38(46)50-2)14-28(17-26)43-8-10-44(11-9-43)29-21-51-22-29/h3-6,13-20,29,53H,7-12,21-22H2,1-2H3,(H,41,42). The van der Waals surface area contributed by atoms with Crippen LogP contribution >= 0.6 is 0 Å². The lowest BCUT2D eigenvalue weighted by molar-refractivity contribution is -0.0660. The number of halogens is 1. The maximum Gasteiger partial charge on any atom is 0.337 e. The number of pyridine rings is 2. The number of rotatable bonds is 10. The van der Waals surface area contributed by atoms with Gasteiger partial charge in [-0.3, -0.25) is 14.9 Å². The SMILES string of the molecule is COC(=O)c1cc(Nc2c(N(c3ccc(OC)cc3)[SH](=O)=O)cnc3cc(-c4cncc5c4OCC5)cc(F)c23)cc(N2CCN(C3COC3)CC2)c1. The minimum absolute atomic E-state index is 0.0458. The fourth-order valence-electron chi connectivity index (χ4n) is 7.09. The molecule has 15 heteroatoms. The highest BCUT2D eigenvalue weighted by Gasteiger charge is 2.30. The number of fused-ring (bicyclic) bond motifs is 2. The number of benzene rings is 3. The lowest BCUT2D eigenvalue weighted by Crippen LogP contribution is -2.56. The molecule has 0 bridgehead atoms. The number of carbonyl (C=O) groups is 1. The topological polar surface area (TPSA) is 136 Å². The van der Waals surface area contributed by atoms with Crippen LogP contribution in [-0.4, -0.2) is 95.5 Å². The van der Waals surface area contributed by atoms with Gasteiger partial charge in [-0.15, -0.1) is 0 Å². The fraction of sp³-hybridized carbons (Fsp3) is 0.289. The third-order valence-electron chi connectivity index (χ3n) is 9.93. The van der Waals surface area contributed by atoms with Gasteiger partial charge in [0.05, 0.1) is 79.8 Å². The second kappa shape index (κ2) is 14.5. The van der Waals surface area contributed by atoms with Crippen LogP contribution in [0.2, 0.25) is 0 Å². The summed E-state index contributed by atoms with van der Waals surface area (Å²) in [6.45, 7) is 5.04. The van der Waals surface area contributed by atoms with E-state index in [1.807, 2.05) is 6.07 Å². The van der Waals surface area contributed by atoms with Crippen molar-refractivity contribution in [2.45, 2.75) is 12.5 Å². The highest BCUT2D eigenvalue weighted by atomic mass is 32.2. The third kappa shape index (κ3) is 6.67. The lowest BCUT2D eigenvalue weighted by Gasteiger charge is -2.43. The molecule has 5 heterocycles. The van der Waals surface area contributed by atoms with Crippen LogP contribution in [0.1, 0.15) is 15.9 Å². The highest BCUT2D eigenvalue weighted by Crippen LogP contribution is 2.43. The Morgan fingerprint density at radius 3 is 2.49 bits per heavy atom. The monoisotopic (exact) mass is 740 g/mol. The maximum absolute atomic E-state index is 16.7. The van der Waals surface area contributed by atoms with Gasteiger partial charge >= 0.3 is 5.97 Å². The second-order valence-corrected chi connectivity index (χ2v) is 13.9. The molecule has 13 nitrogen and oxygen atoms in total. The lowest BCUT2D eigenvalue weighted by atomic mass is 10.0. The number of hydrogen-bond donors (Lipinski definition) is 2. The van der Waals surface area contributed by atoms with Crippen molar-refractivity contribution in [1.29, 1.82) is 0 Å². The molecular weight excluding hydrogens is 704 g/mol. The van der Waals surface area contributed by atoms with E-state index in [2.05, 4.69) is 25.1 Å². The molecule has 8 rings (SSSR count). The van der Waals surface area contributed by atoms with E-state index >= 15 is 4.39 Å². The van der Waals surface area contributed by atoms with Gasteiger partial charge in [-0.05, 0) is 60.2 Å². The zero-order valence-corrected chi connectivity index (χ0v) is 30.0. The van der Waals surface area contributed by atoms with E-state index in [1.54, 1.807) is 54.9 Å². The smallest absolute Gasteiger partial charge is 0.337 e. The normalized spacial score (nSPS) is 15.9. The molecule has 0 saturated carbocycles. The first-order valence-electron chi connectivity index (χ1n) is 17.2. The molecule has 3 aromatic carbocycles. The number of carbonyl (C=O) groups excluding carboxylic acids is 1. The van der Waals surface area contributed by atoms with Crippen LogP contribution in [0, 0.1) is 5.82 Å². The summed E-state index contributed by atoms with van der Waals surface area (Å²) in [6, 6.07) is 15.2. The molecule has 5 aromatic rings. The number of aromatic nitrogens is 2. The molecule has 2 fully saturated rings. The summed E-state index contributed by atoms with van der Waals surface area (Å²) in [5.74, 6) is -0.0225. The summed E-state index contributed by atoms with van der Waals surface area (Å²) in [4.78, 5) is 26.5. The van der Waals surface area contributed by atoms with E-state index in [4.69, 9.17) is 18.9 Å². The van der Waals surface area contributed by atoms with E-state index in [9.17, 15) is 13.2 Å². The Kier molecular flexibility index (Phi) is 9.45. The van der Waals surface area contributed by atoms with Crippen molar-refractivity contribution in [1.82, 2.24) is 14.9 Å². The maximum atomic E-state index is 16.7. The van der Waals surface area contributed by atoms with Crippen molar-refractivity contribution >= 4 is 56.2 Å². The van der Waals surface area contributed by atoms with E-state index in [0.29, 0.717) is 60.5 Å². The van der Waals surface area contributed by atoms with Crippen molar-refractivity contribution < 1.29 is 36.6 Å². The van der Waals surface area contributed by atoms with Crippen LogP contribution in [0.25, 0.3) is 22.0 Å². The first-order chi connectivity index (χ1) is 25.8. The highest BCUT2D eigenvalue weighted by molar-refractivity contribution is 7.74. The van der Waals surface area contributed by atoms with Gasteiger partial charge in [0, 0.05) is 67.5 Å². The van der Waals surface area contributed by atoms with E-state index < -0.39 is 22.7 Å². The molecule has 3 aliphatic heterocycles. The van der Waals surface area contributed by atoms with Crippen LogP contribution in [0.5, 0.6) is 11.5 Å². The molecule has 0 amide bonds. The summed E-state index contributed by atoms with van der Waals surface area (Å²) in [6.07, 6.45) is 5.47. The van der Waals surface area contributed by atoms with Gasteiger partial charge in [0.1, 0.15) is 17.3 Å². The number of hydrogen-bond acceptors (Lipinski definition) is 12. The number of piperazine rings is 1. The zero-order chi connectivity index (χ0) is 36.6. The Morgan fingerprint density at radius 1 is 1.00 bits per heavy atom. The largest absolute Gasteiger partial charge is 0.497 e. The molecule has 0 atom stereocenters. The van der Waals surface area contributed by atoms with Crippen molar-refractivity contribution in [3.63, 3.8) is 0 Å². The number of nitrogens with zero attached hydrogens (tertiary/aromatic N) is 5. The summed E-state index contributed by atoms with van der Waals surface area (Å²) >= 11 is 0. The molecule has 0 unspecified atom stereocenters. The van der Waals surface area contributed by atoms with Crippen LogP contribution in [0.15, 0.2) is 73.2 Å². The molecular formula is C38H37FN6O7S. The molecule has 53 heavy (non-hydrogen) atoms. The predicted octanol–water partition coefficient (Wildman–Crippen LogP) is 5.09. The van der Waals surface area contributed by atoms with Gasteiger partial charge in [-0.1, -0.05) is 0 Å². The predicted molar refractivity (Wildman–Crippen MR) is 199 cm³/mol. The molecule has 1 N–H and O–H groups in total. The number of thiol groups is 1. The number of methoxy groups -OCH3 is 2. The Hall–Kier alpha value is -5.51. The minimum Gasteiger partial charge on any atom is -0.497 e. The van der Waals surface area contributed by atoms with E-state index in [0.717, 1.165) is 41.9 Å². The summed E-state index contributed by atoms with van der Waals surface area (Å²) in [5.41, 5.74) is 4.27. The van der Waals surface area contributed by atoms with Gasteiger partial charge in [0.25, 0.3) is 0 Å². The average Bonchev–Trinajstić information content (AvgIpc) is 3.64. The molecule has 274 valence electrons. The number of ether oxygens (including phenoxy) is 4. The van der Waals surface area contributed by atoms with Crippen LogP contribution in [0.4, 0.5) is 32.8 Å². The average molecular weight is 741 g/mol. The minimum atomic E-state index is -3.30. The molecule has 0 spiro atoms. The Balaban J connectivity index is 1.26. The zero-order valence-electron chi connectivity index (χ0n) is 29.1.